The third kappa shape index (κ3) is 4.42. The van der Waals surface area contributed by atoms with Crippen molar-refractivity contribution in [3.8, 4) is 5.75 Å². The van der Waals surface area contributed by atoms with Crippen molar-refractivity contribution in [3.05, 3.63) is 65.4 Å². The van der Waals surface area contributed by atoms with Gasteiger partial charge in [0.15, 0.2) is 17.5 Å². The molecule has 0 saturated heterocycles. The van der Waals surface area contributed by atoms with E-state index in [4.69, 9.17) is 4.74 Å². The van der Waals surface area contributed by atoms with Crippen molar-refractivity contribution >= 4 is 11.6 Å². The first-order valence-corrected chi connectivity index (χ1v) is 9.25. The van der Waals surface area contributed by atoms with Crippen LogP contribution in [0.3, 0.4) is 0 Å². The summed E-state index contributed by atoms with van der Waals surface area (Å²) in [7, 11) is 3.17. The van der Waals surface area contributed by atoms with Crippen LogP contribution in [0.2, 0.25) is 0 Å². The summed E-state index contributed by atoms with van der Waals surface area (Å²) in [6.45, 7) is 4.70. The Kier molecular flexibility index (Phi) is 6.13. The molecule has 2 heterocycles. The molecule has 0 bridgehead atoms. The largest absolute Gasteiger partial charge is 0.494 e. The molecule has 1 unspecified atom stereocenters. The Morgan fingerprint density at radius 2 is 2.18 bits per heavy atom. The number of methoxy groups -OCH3 is 1. The average Bonchev–Trinajstić information content (AvgIpc) is 3.11. The van der Waals surface area contributed by atoms with Crippen LogP contribution in [0, 0.1) is 12.7 Å². The summed E-state index contributed by atoms with van der Waals surface area (Å²) < 4.78 is 20.9. The van der Waals surface area contributed by atoms with Crippen LogP contribution in [0.1, 0.15) is 29.8 Å². The number of nitrogens with zero attached hydrogens (tertiary/aromatic N) is 3. The van der Waals surface area contributed by atoms with Gasteiger partial charge in [-0.05, 0) is 43.2 Å². The minimum Gasteiger partial charge on any atom is -0.494 e. The molecule has 0 aliphatic heterocycles. The summed E-state index contributed by atoms with van der Waals surface area (Å²) in [5.74, 6) is 0.517. The highest BCUT2D eigenvalue weighted by Crippen LogP contribution is 2.21. The van der Waals surface area contributed by atoms with Gasteiger partial charge in [0.1, 0.15) is 5.65 Å². The van der Waals surface area contributed by atoms with Crippen molar-refractivity contribution in [2.75, 3.05) is 20.7 Å². The maximum Gasteiger partial charge on any atom is 0.191 e. The van der Waals surface area contributed by atoms with Gasteiger partial charge in [-0.1, -0.05) is 12.1 Å². The molecular weight excluding hydrogens is 357 g/mol. The number of guanidine groups is 1. The molecule has 28 heavy (non-hydrogen) atoms. The Morgan fingerprint density at radius 3 is 2.86 bits per heavy atom. The lowest BCUT2D eigenvalue weighted by molar-refractivity contribution is 0.386. The fourth-order valence-electron chi connectivity index (χ4n) is 3.07. The van der Waals surface area contributed by atoms with Crippen molar-refractivity contribution in [2.24, 2.45) is 4.99 Å². The minimum atomic E-state index is -0.376. The lowest BCUT2D eigenvalue weighted by Gasteiger charge is -2.18. The van der Waals surface area contributed by atoms with E-state index in [1.807, 2.05) is 35.9 Å². The third-order valence-electron chi connectivity index (χ3n) is 4.65. The summed E-state index contributed by atoms with van der Waals surface area (Å²) >= 11 is 0. The molecule has 2 aromatic heterocycles. The number of aromatic nitrogens is 2. The molecule has 0 saturated carbocycles. The summed E-state index contributed by atoms with van der Waals surface area (Å²) in [5, 5.41) is 6.56. The number of aliphatic imine (C=N–C) groups is 1. The maximum atomic E-state index is 13.9. The number of imidazole rings is 1. The zero-order valence-corrected chi connectivity index (χ0v) is 16.7. The molecule has 0 amide bonds. The zero-order valence-electron chi connectivity index (χ0n) is 16.7. The molecule has 0 fully saturated rings. The summed E-state index contributed by atoms with van der Waals surface area (Å²) in [5.41, 5.74) is 3.97. The number of rotatable bonds is 6. The van der Waals surface area contributed by atoms with Crippen molar-refractivity contribution in [1.82, 2.24) is 20.0 Å². The second-order valence-corrected chi connectivity index (χ2v) is 6.66. The predicted octanol–water partition coefficient (Wildman–Crippen LogP) is 3.26. The number of nitrogens with one attached hydrogen (secondary N) is 2. The van der Waals surface area contributed by atoms with E-state index in [1.165, 1.54) is 13.2 Å². The minimum absolute atomic E-state index is 0.107. The smallest absolute Gasteiger partial charge is 0.191 e. The second kappa shape index (κ2) is 8.73. The quantitative estimate of drug-likeness (QED) is 0.507. The standard InChI is InChI=1S/C21H26FN5O/c1-14-6-5-11-27-13-17(26-20(14)27)9-10-24-21(23-3)25-15(2)16-7-8-19(28-4)18(22)12-16/h5-8,11-13,15H,9-10H2,1-4H3,(H2,23,24,25). The summed E-state index contributed by atoms with van der Waals surface area (Å²) in [6.07, 6.45) is 4.82. The summed E-state index contributed by atoms with van der Waals surface area (Å²) in [4.78, 5) is 8.93. The van der Waals surface area contributed by atoms with Crippen LogP contribution in [0.5, 0.6) is 5.75 Å². The predicted molar refractivity (Wildman–Crippen MR) is 109 cm³/mol. The lowest BCUT2D eigenvalue weighted by Crippen LogP contribution is -2.39. The fourth-order valence-corrected chi connectivity index (χ4v) is 3.07. The van der Waals surface area contributed by atoms with Crippen LogP contribution in [-0.4, -0.2) is 36.0 Å². The highest BCUT2D eigenvalue weighted by atomic mass is 19.1. The Morgan fingerprint density at radius 1 is 1.36 bits per heavy atom. The topological polar surface area (TPSA) is 63.0 Å². The van der Waals surface area contributed by atoms with Crippen LogP contribution >= 0.6 is 0 Å². The second-order valence-electron chi connectivity index (χ2n) is 6.66. The zero-order chi connectivity index (χ0) is 20.1. The third-order valence-corrected chi connectivity index (χ3v) is 4.65. The van der Waals surface area contributed by atoms with Crippen molar-refractivity contribution < 1.29 is 9.13 Å². The van der Waals surface area contributed by atoms with Gasteiger partial charge in [-0.3, -0.25) is 4.99 Å². The first-order valence-electron chi connectivity index (χ1n) is 9.25. The molecular formula is C21H26FN5O. The van der Waals surface area contributed by atoms with E-state index in [-0.39, 0.29) is 17.6 Å². The van der Waals surface area contributed by atoms with Gasteiger partial charge < -0.3 is 19.8 Å². The van der Waals surface area contributed by atoms with Crippen LogP contribution in [-0.2, 0) is 6.42 Å². The van der Waals surface area contributed by atoms with Gasteiger partial charge in [0.25, 0.3) is 0 Å². The number of fused-ring (bicyclic) bond motifs is 1. The van der Waals surface area contributed by atoms with Crippen LogP contribution in [0.25, 0.3) is 5.65 Å². The first kappa shape index (κ1) is 19.7. The number of pyridine rings is 1. The van der Waals surface area contributed by atoms with E-state index in [1.54, 1.807) is 13.1 Å². The molecule has 0 aliphatic rings. The van der Waals surface area contributed by atoms with Gasteiger partial charge in [-0.15, -0.1) is 0 Å². The van der Waals surface area contributed by atoms with Gasteiger partial charge >= 0.3 is 0 Å². The van der Waals surface area contributed by atoms with E-state index in [0.717, 1.165) is 28.9 Å². The number of hydrogen-bond donors (Lipinski definition) is 2. The van der Waals surface area contributed by atoms with E-state index in [0.29, 0.717) is 12.5 Å². The fraction of sp³-hybridized carbons (Fsp3) is 0.333. The average molecular weight is 383 g/mol. The van der Waals surface area contributed by atoms with Crippen molar-refractivity contribution in [3.63, 3.8) is 0 Å². The monoisotopic (exact) mass is 383 g/mol. The first-order chi connectivity index (χ1) is 13.5. The number of aryl methyl sites for hydroxylation is 1. The lowest BCUT2D eigenvalue weighted by atomic mass is 10.1. The van der Waals surface area contributed by atoms with Gasteiger partial charge in [0, 0.05) is 32.4 Å². The molecule has 1 atom stereocenters. The van der Waals surface area contributed by atoms with Gasteiger partial charge in [-0.2, -0.15) is 0 Å². The van der Waals surface area contributed by atoms with Crippen molar-refractivity contribution in [1.29, 1.82) is 0 Å². The molecule has 3 aromatic rings. The normalized spacial score (nSPS) is 12.8. The van der Waals surface area contributed by atoms with E-state index >= 15 is 0 Å². The van der Waals surface area contributed by atoms with E-state index in [2.05, 4.69) is 33.6 Å². The molecule has 0 aliphatic carbocycles. The van der Waals surface area contributed by atoms with E-state index < -0.39 is 0 Å². The van der Waals surface area contributed by atoms with Crippen LogP contribution < -0.4 is 15.4 Å². The summed E-state index contributed by atoms with van der Waals surface area (Å²) in [6, 6.07) is 8.91. The number of ether oxygens (including phenoxy) is 1. The molecule has 0 spiro atoms. The SMILES string of the molecule is CN=C(NCCc1cn2cccc(C)c2n1)NC(C)c1ccc(OC)c(F)c1. The van der Waals surface area contributed by atoms with Gasteiger partial charge in [-0.25, -0.2) is 9.37 Å². The highest BCUT2D eigenvalue weighted by Gasteiger charge is 2.11. The number of benzene rings is 1. The molecule has 1 aromatic carbocycles. The van der Waals surface area contributed by atoms with E-state index in [9.17, 15) is 4.39 Å². The van der Waals surface area contributed by atoms with Crippen molar-refractivity contribution in [2.45, 2.75) is 26.3 Å². The Labute approximate surface area is 164 Å². The molecule has 6 nitrogen and oxygen atoms in total. The molecule has 7 heteroatoms. The number of hydrogen-bond acceptors (Lipinski definition) is 3. The van der Waals surface area contributed by atoms with Gasteiger partial charge in [0.05, 0.1) is 18.8 Å². The van der Waals surface area contributed by atoms with Crippen LogP contribution in [0.4, 0.5) is 4.39 Å². The Hall–Kier alpha value is -3.09. The molecule has 148 valence electrons. The Bertz CT molecular complexity index is 982. The van der Waals surface area contributed by atoms with Gasteiger partial charge in [0.2, 0.25) is 0 Å². The molecule has 0 radical (unpaired) electrons. The maximum absolute atomic E-state index is 13.9. The van der Waals surface area contributed by atoms with Crippen LogP contribution in [0.15, 0.2) is 47.7 Å². The Balaban J connectivity index is 1.56. The molecule has 3 rings (SSSR count). The number of halogens is 1. The highest BCUT2D eigenvalue weighted by molar-refractivity contribution is 5.80. The molecule has 2 N–H and O–H groups in total.